The third kappa shape index (κ3) is 5.32. The Bertz CT molecular complexity index is 839. The maximum atomic E-state index is 13.7. The van der Waals surface area contributed by atoms with Crippen LogP contribution in [0.5, 0.6) is 0 Å². The molecule has 0 unspecified atom stereocenters. The molecule has 0 aliphatic carbocycles. The molecule has 0 saturated heterocycles. The van der Waals surface area contributed by atoms with Gasteiger partial charge in [-0.25, -0.2) is 8.78 Å². The van der Waals surface area contributed by atoms with Crippen LogP contribution in [0.2, 0.25) is 5.02 Å². The van der Waals surface area contributed by atoms with Crippen LogP contribution in [0.1, 0.15) is 19.4 Å². The van der Waals surface area contributed by atoms with Crippen molar-refractivity contribution in [1.29, 1.82) is 0 Å². The molecule has 0 aliphatic rings. The quantitative estimate of drug-likeness (QED) is 0.624. The Morgan fingerprint density at radius 3 is 2.19 bits per heavy atom. The monoisotopic (exact) mass is 406 g/mol. The van der Waals surface area contributed by atoms with Crippen LogP contribution >= 0.6 is 11.6 Å². The molecule has 0 radical (unpaired) electrons. The number of nitrogens with one attached hydrogen (secondary N) is 2. The summed E-state index contributed by atoms with van der Waals surface area (Å²) in [4.78, 5) is 12.5. The van der Waals surface area contributed by atoms with Crippen molar-refractivity contribution in [2.45, 2.75) is 26.1 Å². The lowest BCUT2D eigenvalue weighted by atomic mass is 10.0. The van der Waals surface area contributed by atoms with E-state index in [0.717, 1.165) is 30.3 Å². The summed E-state index contributed by atoms with van der Waals surface area (Å²) in [6.07, 6.45) is -4.54. The Hall–Kier alpha value is -2.35. The van der Waals surface area contributed by atoms with Crippen LogP contribution in [0, 0.1) is 17.6 Å². The summed E-state index contributed by atoms with van der Waals surface area (Å²) in [5.74, 6) is -2.70. The zero-order valence-corrected chi connectivity index (χ0v) is 15.1. The van der Waals surface area contributed by atoms with Gasteiger partial charge in [-0.1, -0.05) is 25.4 Å². The number of hydrogen-bond donors (Lipinski definition) is 2. The van der Waals surface area contributed by atoms with Crippen LogP contribution in [-0.4, -0.2) is 11.9 Å². The Morgan fingerprint density at radius 2 is 1.67 bits per heavy atom. The van der Waals surface area contributed by atoms with Gasteiger partial charge in [-0.2, -0.15) is 13.2 Å². The molecule has 0 saturated carbocycles. The minimum atomic E-state index is -4.54. The Kier molecular flexibility index (Phi) is 6.30. The molecule has 2 aromatic rings. The van der Waals surface area contributed by atoms with Crippen molar-refractivity contribution in [2.24, 2.45) is 5.92 Å². The maximum Gasteiger partial charge on any atom is 0.416 e. The van der Waals surface area contributed by atoms with Gasteiger partial charge in [0.15, 0.2) is 0 Å². The number of carbonyl (C=O) groups is 1. The average Bonchev–Trinajstić information content (AvgIpc) is 2.54. The van der Waals surface area contributed by atoms with Crippen molar-refractivity contribution in [3.8, 4) is 0 Å². The van der Waals surface area contributed by atoms with E-state index in [1.165, 1.54) is 0 Å². The molecule has 146 valence electrons. The van der Waals surface area contributed by atoms with E-state index in [1.807, 2.05) is 0 Å². The predicted octanol–water partition coefficient (Wildman–Crippen LogP) is 5.71. The average molecular weight is 407 g/mol. The molecule has 1 atom stereocenters. The van der Waals surface area contributed by atoms with E-state index in [1.54, 1.807) is 13.8 Å². The second-order valence-corrected chi connectivity index (χ2v) is 6.58. The molecule has 3 nitrogen and oxygen atoms in total. The highest BCUT2D eigenvalue weighted by Crippen LogP contribution is 2.34. The third-order valence-electron chi connectivity index (χ3n) is 3.75. The number of alkyl halides is 3. The number of rotatable bonds is 5. The summed E-state index contributed by atoms with van der Waals surface area (Å²) in [5.41, 5.74) is -1.01. The Labute approximate surface area is 157 Å². The molecule has 0 fully saturated rings. The second-order valence-electron chi connectivity index (χ2n) is 6.17. The largest absolute Gasteiger partial charge is 0.416 e. The molecule has 2 rings (SSSR count). The van der Waals surface area contributed by atoms with Gasteiger partial charge in [0.05, 0.1) is 22.0 Å². The predicted molar refractivity (Wildman–Crippen MR) is 93.7 cm³/mol. The number of anilines is 2. The topological polar surface area (TPSA) is 41.1 Å². The van der Waals surface area contributed by atoms with Crippen LogP contribution in [0.25, 0.3) is 0 Å². The molecule has 2 N–H and O–H groups in total. The van der Waals surface area contributed by atoms with E-state index >= 15 is 0 Å². The van der Waals surface area contributed by atoms with Crippen molar-refractivity contribution in [3.05, 3.63) is 58.6 Å². The summed E-state index contributed by atoms with van der Waals surface area (Å²) in [7, 11) is 0. The van der Waals surface area contributed by atoms with E-state index < -0.39 is 35.3 Å². The highest BCUT2D eigenvalue weighted by Gasteiger charge is 2.31. The summed E-state index contributed by atoms with van der Waals surface area (Å²) < 4.78 is 64.8. The lowest BCUT2D eigenvalue weighted by Gasteiger charge is -2.24. The van der Waals surface area contributed by atoms with Crippen LogP contribution < -0.4 is 10.6 Å². The van der Waals surface area contributed by atoms with Gasteiger partial charge in [0.1, 0.15) is 17.7 Å². The molecular formula is C18H16ClF5N2O. The molecule has 27 heavy (non-hydrogen) atoms. The minimum Gasteiger partial charge on any atom is -0.372 e. The molecule has 0 aromatic heterocycles. The first-order valence-corrected chi connectivity index (χ1v) is 8.26. The number of benzene rings is 2. The fourth-order valence-corrected chi connectivity index (χ4v) is 2.55. The first-order valence-electron chi connectivity index (χ1n) is 7.88. The highest BCUT2D eigenvalue weighted by atomic mass is 35.5. The summed E-state index contributed by atoms with van der Waals surface area (Å²) >= 11 is 5.90. The summed E-state index contributed by atoms with van der Waals surface area (Å²) in [6, 6.07) is 4.46. The minimum absolute atomic E-state index is 0.123. The lowest BCUT2D eigenvalue weighted by molar-refractivity contribution is -0.137. The van der Waals surface area contributed by atoms with Crippen LogP contribution in [0.4, 0.5) is 33.3 Å². The first-order chi connectivity index (χ1) is 12.5. The molecule has 2 aromatic carbocycles. The summed E-state index contributed by atoms with van der Waals surface area (Å²) in [5, 5.41) is 4.88. The summed E-state index contributed by atoms with van der Waals surface area (Å²) in [6.45, 7) is 3.38. The van der Waals surface area contributed by atoms with E-state index in [4.69, 9.17) is 11.6 Å². The lowest BCUT2D eigenvalue weighted by Crippen LogP contribution is -2.39. The number of halogens is 6. The SMILES string of the molecule is CC(C)[C@H](Nc1ccc(C(F)(F)F)cc1Cl)C(=O)Nc1ccc(F)cc1F. The zero-order valence-electron chi connectivity index (χ0n) is 14.3. The van der Waals surface area contributed by atoms with Gasteiger partial charge in [0.2, 0.25) is 5.91 Å². The van der Waals surface area contributed by atoms with E-state index in [9.17, 15) is 26.7 Å². The molecule has 0 heterocycles. The molecular weight excluding hydrogens is 391 g/mol. The standard InChI is InChI=1S/C18H16ClF5N2O/c1-9(2)16(17(27)26-15-6-4-11(20)8-13(15)21)25-14-5-3-10(7-12(14)19)18(22,23)24/h3-9,16,25H,1-2H3,(H,26,27)/t16-/m0/s1. The van der Waals surface area contributed by atoms with E-state index in [2.05, 4.69) is 10.6 Å². The molecule has 9 heteroatoms. The number of carbonyl (C=O) groups excluding carboxylic acids is 1. The molecule has 0 aliphatic heterocycles. The van der Waals surface area contributed by atoms with Crippen LogP contribution in [-0.2, 0) is 11.0 Å². The number of amides is 1. The van der Waals surface area contributed by atoms with Crippen LogP contribution in [0.3, 0.4) is 0 Å². The second kappa shape index (κ2) is 8.12. The van der Waals surface area contributed by atoms with Gasteiger partial charge >= 0.3 is 6.18 Å². The van der Waals surface area contributed by atoms with Gasteiger partial charge < -0.3 is 10.6 Å². The Balaban J connectivity index is 2.21. The van der Waals surface area contributed by atoms with E-state index in [0.29, 0.717) is 6.07 Å². The van der Waals surface area contributed by atoms with Gasteiger partial charge in [-0.3, -0.25) is 4.79 Å². The van der Waals surface area contributed by atoms with Gasteiger partial charge in [-0.05, 0) is 36.2 Å². The fourth-order valence-electron chi connectivity index (χ4n) is 2.31. The fraction of sp³-hybridized carbons (Fsp3) is 0.278. The van der Waals surface area contributed by atoms with E-state index in [-0.39, 0.29) is 22.3 Å². The van der Waals surface area contributed by atoms with Crippen molar-refractivity contribution >= 4 is 28.9 Å². The van der Waals surface area contributed by atoms with Crippen molar-refractivity contribution in [3.63, 3.8) is 0 Å². The van der Waals surface area contributed by atoms with Crippen molar-refractivity contribution in [1.82, 2.24) is 0 Å². The van der Waals surface area contributed by atoms with Gasteiger partial charge in [-0.15, -0.1) is 0 Å². The normalized spacial score (nSPS) is 12.8. The van der Waals surface area contributed by atoms with Crippen LogP contribution in [0.15, 0.2) is 36.4 Å². The first kappa shape index (κ1) is 21.0. The van der Waals surface area contributed by atoms with Crippen molar-refractivity contribution in [2.75, 3.05) is 10.6 Å². The third-order valence-corrected chi connectivity index (χ3v) is 4.06. The highest BCUT2D eigenvalue weighted by molar-refractivity contribution is 6.33. The maximum absolute atomic E-state index is 13.7. The van der Waals surface area contributed by atoms with Crippen molar-refractivity contribution < 1.29 is 26.7 Å². The molecule has 0 spiro atoms. The molecule has 0 bridgehead atoms. The smallest absolute Gasteiger partial charge is 0.372 e. The van der Waals surface area contributed by atoms with Gasteiger partial charge in [0, 0.05) is 6.07 Å². The number of hydrogen-bond acceptors (Lipinski definition) is 2. The Morgan fingerprint density at radius 1 is 1.04 bits per heavy atom. The zero-order chi connectivity index (χ0) is 20.4. The van der Waals surface area contributed by atoms with Gasteiger partial charge in [0.25, 0.3) is 0 Å². The molecule has 1 amide bonds.